The molecule has 2 heterocycles. The number of nitro benzene ring substituents is 1. The summed E-state index contributed by atoms with van der Waals surface area (Å²) in [6.07, 6.45) is 4.35. The van der Waals surface area contributed by atoms with Gasteiger partial charge in [-0.25, -0.2) is 0 Å². The summed E-state index contributed by atoms with van der Waals surface area (Å²) in [5.74, 6) is -0.120. The summed E-state index contributed by atoms with van der Waals surface area (Å²) in [4.78, 5) is 27.1. The fourth-order valence-electron chi connectivity index (χ4n) is 4.22. The van der Waals surface area contributed by atoms with Gasteiger partial charge in [-0.3, -0.25) is 19.8 Å². The summed E-state index contributed by atoms with van der Waals surface area (Å²) in [7, 11) is 0. The quantitative estimate of drug-likeness (QED) is 0.370. The molecule has 0 saturated heterocycles. The molecule has 2 aromatic rings. The van der Waals surface area contributed by atoms with Gasteiger partial charge in [0.05, 0.1) is 22.8 Å². The number of nitro groups is 1. The maximum absolute atomic E-state index is 12.0. The predicted molar refractivity (Wildman–Crippen MR) is 124 cm³/mol. The van der Waals surface area contributed by atoms with E-state index in [1.807, 2.05) is 4.90 Å². The number of hydrogen-bond donors (Lipinski definition) is 1. The Morgan fingerprint density at radius 3 is 2.57 bits per heavy atom. The highest BCUT2D eigenvalue weighted by Gasteiger charge is 2.23. The van der Waals surface area contributed by atoms with Gasteiger partial charge in [-0.2, -0.15) is 0 Å². The number of carbonyl (C=O) groups excluding carboxylic acids is 1. The van der Waals surface area contributed by atoms with Gasteiger partial charge >= 0.3 is 0 Å². The minimum atomic E-state index is -0.440. The minimum absolute atomic E-state index is 0. The van der Waals surface area contributed by atoms with Crippen LogP contribution in [0, 0.1) is 10.1 Å². The number of nitrogens with zero attached hydrogens (tertiary/aromatic N) is 3. The van der Waals surface area contributed by atoms with Crippen LogP contribution in [0.3, 0.4) is 0 Å². The highest BCUT2D eigenvalue weighted by molar-refractivity contribution is 8.93. The maximum Gasteiger partial charge on any atom is 0.271 e. The largest absolute Gasteiger partial charge is 0.361 e. The van der Waals surface area contributed by atoms with E-state index >= 15 is 0 Å². The number of carbonyl (C=O) groups is 1. The molecule has 0 atom stereocenters. The zero-order chi connectivity index (χ0) is 20.2. The third-order valence-electron chi connectivity index (χ3n) is 5.75. The van der Waals surface area contributed by atoms with Gasteiger partial charge in [0.15, 0.2) is 0 Å². The average molecular weight is 475 g/mol. The van der Waals surface area contributed by atoms with Gasteiger partial charge in [0.2, 0.25) is 5.91 Å². The first-order valence-corrected chi connectivity index (χ1v) is 10.2. The number of unbranched alkanes of at least 4 members (excludes halogenated alkanes) is 2. The lowest BCUT2D eigenvalue weighted by Gasteiger charge is -2.31. The van der Waals surface area contributed by atoms with Crippen molar-refractivity contribution >= 4 is 40.0 Å². The number of benzene rings is 2. The number of amides is 1. The molecule has 2 aromatic carbocycles. The fraction of sp³-hybridized carbons (Fsp3) is 0.409. The van der Waals surface area contributed by atoms with E-state index in [-0.39, 0.29) is 28.6 Å². The van der Waals surface area contributed by atoms with Crippen LogP contribution >= 0.6 is 17.0 Å². The zero-order valence-electron chi connectivity index (χ0n) is 16.9. The summed E-state index contributed by atoms with van der Waals surface area (Å²) >= 11 is 0. The van der Waals surface area contributed by atoms with E-state index < -0.39 is 4.92 Å². The summed E-state index contributed by atoms with van der Waals surface area (Å²) in [6.45, 7) is 4.33. The Labute approximate surface area is 187 Å². The van der Waals surface area contributed by atoms with Gasteiger partial charge in [-0.15, -0.1) is 17.0 Å². The van der Waals surface area contributed by atoms with E-state index in [4.69, 9.17) is 0 Å². The Morgan fingerprint density at radius 2 is 1.77 bits per heavy atom. The number of hydrogen-bond acceptors (Lipinski definition) is 5. The van der Waals surface area contributed by atoms with Crippen molar-refractivity contribution in [2.45, 2.75) is 32.2 Å². The number of rotatable bonds is 7. The Morgan fingerprint density at radius 1 is 1.00 bits per heavy atom. The van der Waals surface area contributed by atoms with Crippen molar-refractivity contribution in [3.63, 3.8) is 0 Å². The number of nitrogens with one attached hydrogen (secondary N) is 1. The molecule has 7 nitrogen and oxygen atoms in total. The van der Waals surface area contributed by atoms with Crippen molar-refractivity contribution in [2.24, 2.45) is 0 Å². The third-order valence-corrected chi connectivity index (χ3v) is 5.75. The molecular weight excluding hydrogens is 448 g/mol. The molecule has 1 N–H and O–H groups in total. The second kappa shape index (κ2) is 10.0. The van der Waals surface area contributed by atoms with E-state index in [1.165, 1.54) is 23.3 Å². The van der Waals surface area contributed by atoms with Crippen molar-refractivity contribution in [3.8, 4) is 0 Å². The molecule has 2 aliphatic heterocycles. The molecule has 0 saturated carbocycles. The first-order valence-electron chi connectivity index (χ1n) is 10.2. The van der Waals surface area contributed by atoms with E-state index in [9.17, 15) is 14.9 Å². The average Bonchev–Trinajstić information content (AvgIpc) is 2.72. The topological polar surface area (TPSA) is 78.7 Å². The van der Waals surface area contributed by atoms with Crippen LogP contribution < -0.4 is 10.2 Å². The number of non-ortho nitro benzene ring substituents is 1. The van der Waals surface area contributed by atoms with Gasteiger partial charge in [0, 0.05) is 31.8 Å². The summed E-state index contributed by atoms with van der Waals surface area (Å²) in [5, 5.41) is 13.7. The van der Waals surface area contributed by atoms with Crippen molar-refractivity contribution in [3.05, 3.63) is 63.7 Å². The lowest BCUT2D eigenvalue weighted by Crippen LogP contribution is -2.38. The fourth-order valence-corrected chi connectivity index (χ4v) is 4.22. The van der Waals surface area contributed by atoms with E-state index in [0.717, 1.165) is 57.5 Å². The van der Waals surface area contributed by atoms with Gasteiger partial charge in [-0.1, -0.05) is 30.7 Å². The Kier molecular flexibility index (Phi) is 7.44. The monoisotopic (exact) mass is 474 g/mol. The lowest BCUT2D eigenvalue weighted by atomic mass is 10.00. The van der Waals surface area contributed by atoms with Crippen LogP contribution in [-0.2, 0) is 17.8 Å². The zero-order valence-corrected chi connectivity index (χ0v) is 18.6. The molecule has 0 radical (unpaired) electrons. The number of halogens is 1. The molecule has 0 bridgehead atoms. The first-order chi connectivity index (χ1) is 14.1. The van der Waals surface area contributed by atoms with Gasteiger partial charge < -0.3 is 10.2 Å². The van der Waals surface area contributed by atoms with Gasteiger partial charge in [0.1, 0.15) is 0 Å². The lowest BCUT2D eigenvalue weighted by molar-refractivity contribution is -0.384. The Bertz CT molecular complexity index is 921. The molecule has 0 unspecified atom stereocenters. The predicted octanol–water partition coefficient (Wildman–Crippen LogP) is 4.16. The highest BCUT2D eigenvalue weighted by atomic mass is 79.9. The van der Waals surface area contributed by atoms with E-state index in [1.54, 1.807) is 6.07 Å². The summed E-state index contributed by atoms with van der Waals surface area (Å²) < 4.78 is 0. The molecule has 160 valence electrons. The molecule has 0 spiro atoms. The van der Waals surface area contributed by atoms with Crippen molar-refractivity contribution in [2.75, 3.05) is 36.4 Å². The third kappa shape index (κ3) is 5.17. The molecule has 8 heteroatoms. The van der Waals surface area contributed by atoms with Crippen LogP contribution in [0.15, 0.2) is 42.5 Å². The molecular formula is C22H27BrN4O3. The van der Waals surface area contributed by atoms with Crippen LogP contribution in [0.25, 0.3) is 0 Å². The van der Waals surface area contributed by atoms with Crippen molar-refractivity contribution < 1.29 is 9.72 Å². The Hall–Kier alpha value is -2.45. The van der Waals surface area contributed by atoms with E-state index in [2.05, 4.69) is 34.5 Å². The molecule has 30 heavy (non-hydrogen) atoms. The maximum atomic E-state index is 12.0. The number of anilines is 2. The van der Waals surface area contributed by atoms with Crippen LogP contribution in [0.5, 0.6) is 0 Å². The van der Waals surface area contributed by atoms with Crippen LogP contribution in [0.2, 0.25) is 0 Å². The van der Waals surface area contributed by atoms with Crippen LogP contribution in [0.1, 0.15) is 30.4 Å². The highest BCUT2D eigenvalue weighted by Crippen LogP contribution is 2.33. The van der Waals surface area contributed by atoms with Crippen LogP contribution in [-0.4, -0.2) is 41.9 Å². The van der Waals surface area contributed by atoms with Crippen molar-refractivity contribution in [1.82, 2.24) is 4.90 Å². The first kappa shape index (κ1) is 22.2. The van der Waals surface area contributed by atoms with Gasteiger partial charge in [-0.05, 0) is 43.0 Å². The second-order valence-corrected chi connectivity index (χ2v) is 7.78. The molecule has 2 aliphatic rings. The minimum Gasteiger partial charge on any atom is -0.361 e. The molecule has 0 fully saturated rings. The van der Waals surface area contributed by atoms with Crippen molar-refractivity contribution in [1.29, 1.82) is 0 Å². The molecule has 0 aromatic heterocycles. The standard InChI is InChI=1S/C22H26N4O3.BrH/c27-22-16-25(21-9-8-19(26(28)29)14-20(21)23-22)12-5-1-4-11-24-13-10-17-6-2-3-7-18(17)15-24;/h2-3,6-9,14H,1,4-5,10-13,15-16H2,(H,23,27);1H. The smallest absolute Gasteiger partial charge is 0.271 e. The normalized spacial score (nSPS) is 15.6. The SMILES string of the molecule is Br.O=C1CN(CCCCCN2CCc3ccccc3C2)c2ccc([N+](=O)[O-])cc2N1. The number of fused-ring (bicyclic) bond motifs is 2. The summed E-state index contributed by atoms with van der Waals surface area (Å²) in [5.41, 5.74) is 4.31. The van der Waals surface area contributed by atoms with E-state index in [0.29, 0.717) is 12.2 Å². The molecule has 1 amide bonds. The molecule has 4 rings (SSSR count). The second-order valence-electron chi connectivity index (χ2n) is 7.78. The Balaban J connectivity index is 0.00000256. The van der Waals surface area contributed by atoms with Crippen LogP contribution in [0.4, 0.5) is 17.1 Å². The molecule has 0 aliphatic carbocycles. The summed E-state index contributed by atoms with van der Waals surface area (Å²) in [6, 6.07) is 13.4. The van der Waals surface area contributed by atoms with Gasteiger partial charge in [0.25, 0.3) is 5.69 Å².